The number of hydrogen-bond acceptors (Lipinski definition) is 2. The lowest BCUT2D eigenvalue weighted by atomic mass is 9.36. The van der Waals surface area contributed by atoms with Crippen LogP contribution in [-0.2, 0) is 4.79 Å². The first-order chi connectivity index (χ1) is 16.0. The van der Waals surface area contributed by atoms with Gasteiger partial charge in [-0.3, -0.25) is 4.79 Å². The van der Waals surface area contributed by atoms with Gasteiger partial charge in [-0.25, -0.2) is 0 Å². The summed E-state index contributed by atoms with van der Waals surface area (Å²) in [6.07, 6.45) is 16.1. The van der Waals surface area contributed by atoms with Crippen molar-refractivity contribution in [3.8, 4) is 0 Å². The van der Waals surface area contributed by atoms with Crippen LogP contribution in [0.25, 0.3) is 0 Å². The Morgan fingerprint density at radius 2 is 1.59 bits per heavy atom. The van der Waals surface area contributed by atoms with Gasteiger partial charge in [0.1, 0.15) is 0 Å². The second-order valence-corrected chi connectivity index (χ2v) is 13.9. The van der Waals surface area contributed by atoms with Crippen molar-refractivity contribution in [2.24, 2.45) is 45.8 Å². The second-order valence-electron chi connectivity index (χ2n) is 13.9. The average molecular weight is 472 g/mol. The summed E-state index contributed by atoms with van der Waals surface area (Å²) >= 11 is 0. The first-order valence-electron chi connectivity index (χ1n) is 14.6. The largest absolute Gasteiger partial charge is 0.393 e. The van der Waals surface area contributed by atoms with Crippen LogP contribution in [0.5, 0.6) is 0 Å². The first-order valence-corrected chi connectivity index (χ1v) is 14.6. The molecule has 0 aromatic carbocycles. The lowest BCUT2D eigenvalue weighted by molar-refractivity contribution is -0.211. The van der Waals surface area contributed by atoms with Crippen LogP contribution in [0.3, 0.4) is 0 Å². The number of carbonyl (C=O) groups is 1. The molecule has 5 rings (SSSR count). The Balaban J connectivity index is 0.000000868. The average Bonchev–Trinajstić information content (AvgIpc) is 3.20. The number of nitrogens with one attached hydrogen (secondary N) is 1. The summed E-state index contributed by atoms with van der Waals surface area (Å²) in [5, 5.41) is 14.4. The van der Waals surface area contributed by atoms with Crippen molar-refractivity contribution in [2.45, 2.75) is 130 Å². The number of carbonyl (C=O) groups excluding carboxylic acids is 1. The number of hydrogen-bond donors (Lipinski definition) is 2. The lowest BCUT2D eigenvalue weighted by Crippen LogP contribution is -2.65. The lowest BCUT2D eigenvalue weighted by Gasteiger charge is -2.69. The maximum absolute atomic E-state index is 12.4. The third-order valence-electron chi connectivity index (χ3n) is 12.2. The molecule has 3 heteroatoms. The molecule has 1 amide bonds. The molecule has 0 saturated heterocycles. The quantitative estimate of drug-likeness (QED) is 0.416. The predicted molar refractivity (Wildman–Crippen MR) is 141 cm³/mol. The molecule has 5 aliphatic carbocycles. The SMILES string of the molecule is C=CC.CCC(=O)NC12CCCC1C1CCC3C(C)(CCC4C(C)(C)C(O)CCC43C)C1CC2. The molecule has 5 saturated carbocycles. The van der Waals surface area contributed by atoms with Crippen molar-refractivity contribution in [2.75, 3.05) is 0 Å². The van der Waals surface area contributed by atoms with Crippen LogP contribution in [0.4, 0.5) is 0 Å². The van der Waals surface area contributed by atoms with Crippen LogP contribution < -0.4 is 5.32 Å². The number of allylic oxidation sites excluding steroid dienone is 1. The Hall–Kier alpha value is -0.830. The molecule has 2 N–H and O–H groups in total. The van der Waals surface area contributed by atoms with Crippen molar-refractivity contribution in [1.82, 2.24) is 5.32 Å². The van der Waals surface area contributed by atoms with Gasteiger partial charge in [0.25, 0.3) is 0 Å². The molecule has 0 radical (unpaired) electrons. The normalized spacial score (nSPS) is 48.7. The minimum Gasteiger partial charge on any atom is -0.393 e. The minimum atomic E-state index is -0.137. The Morgan fingerprint density at radius 1 is 0.912 bits per heavy atom. The first kappa shape index (κ1) is 26.2. The van der Waals surface area contributed by atoms with Crippen molar-refractivity contribution in [1.29, 1.82) is 0 Å². The zero-order valence-electron chi connectivity index (χ0n) is 23.1. The fourth-order valence-electron chi connectivity index (χ4n) is 10.8. The molecule has 0 aromatic rings. The van der Waals surface area contributed by atoms with Crippen molar-refractivity contribution < 1.29 is 9.90 Å². The summed E-state index contributed by atoms with van der Waals surface area (Å²) < 4.78 is 0. The van der Waals surface area contributed by atoms with Gasteiger partial charge in [-0.2, -0.15) is 0 Å². The molecule has 5 fully saturated rings. The zero-order valence-corrected chi connectivity index (χ0v) is 23.1. The Bertz CT molecular complexity index is 775. The number of amides is 1. The Kier molecular flexibility index (Phi) is 7.13. The molecule has 9 atom stereocenters. The topological polar surface area (TPSA) is 49.3 Å². The molecule has 34 heavy (non-hydrogen) atoms. The molecular weight excluding hydrogens is 418 g/mol. The van der Waals surface area contributed by atoms with E-state index >= 15 is 0 Å². The molecule has 3 nitrogen and oxygen atoms in total. The van der Waals surface area contributed by atoms with E-state index in [2.05, 4.69) is 39.6 Å². The van der Waals surface area contributed by atoms with Crippen LogP contribution >= 0.6 is 0 Å². The molecule has 5 aliphatic rings. The van der Waals surface area contributed by atoms with Gasteiger partial charge in [0.15, 0.2) is 0 Å². The van der Waals surface area contributed by atoms with Gasteiger partial charge in [0, 0.05) is 12.0 Å². The van der Waals surface area contributed by atoms with Gasteiger partial charge in [-0.05, 0) is 117 Å². The van der Waals surface area contributed by atoms with Crippen molar-refractivity contribution >= 4 is 5.91 Å². The van der Waals surface area contributed by atoms with E-state index in [1.54, 1.807) is 6.08 Å². The molecule has 0 spiro atoms. The Labute approximate surface area is 209 Å². The van der Waals surface area contributed by atoms with Gasteiger partial charge in [0.05, 0.1) is 6.10 Å². The number of aliphatic hydroxyl groups is 1. The summed E-state index contributed by atoms with van der Waals surface area (Å²) in [4.78, 5) is 12.4. The maximum Gasteiger partial charge on any atom is 0.220 e. The standard InChI is InChI=1S/C28H47NO2.C3H6/c1-6-24(31)29-28-14-7-8-20(28)18-9-10-22-26(4,19(18)11-17-28)15-12-21-25(2,3)23(30)13-16-27(21,22)5;1-3-2/h18-23,30H,6-17H2,1-5H3,(H,29,31);3H,1H2,2H3. The number of fused-ring (bicyclic) bond motifs is 7. The van der Waals surface area contributed by atoms with E-state index in [4.69, 9.17) is 0 Å². The molecule has 0 heterocycles. The summed E-state index contributed by atoms with van der Waals surface area (Å²) in [5.74, 6) is 4.05. The van der Waals surface area contributed by atoms with Crippen molar-refractivity contribution in [3.05, 3.63) is 12.7 Å². The monoisotopic (exact) mass is 471 g/mol. The molecule has 0 bridgehead atoms. The second kappa shape index (κ2) is 9.24. The van der Waals surface area contributed by atoms with Gasteiger partial charge >= 0.3 is 0 Å². The van der Waals surface area contributed by atoms with E-state index in [1.807, 2.05) is 13.8 Å². The molecular formula is C31H53NO2. The third kappa shape index (κ3) is 3.82. The summed E-state index contributed by atoms with van der Waals surface area (Å²) in [6.45, 7) is 17.2. The maximum atomic E-state index is 12.4. The van der Waals surface area contributed by atoms with E-state index in [0.717, 1.165) is 24.2 Å². The smallest absolute Gasteiger partial charge is 0.220 e. The number of aliphatic hydroxyl groups excluding tert-OH is 1. The molecule has 194 valence electrons. The fraction of sp³-hybridized carbons (Fsp3) is 0.903. The molecule has 0 aromatic heterocycles. The van der Waals surface area contributed by atoms with Crippen molar-refractivity contribution in [3.63, 3.8) is 0 Å². The predicted octanol–water partition coefficient (Wildman–Crippen LogP) is 7.28. The van der Waals surface area contributed by atoms with E-state index < -0.39 is 0 Å². The number of rotatable bonds is 2. The van der Waals surface area contributed by atoms with E-state index in [0.29, 0.717) is 29.1 Å². The van der Waals surface area contributed by atoms with Gasteiger partial charge in [-0.15, -0.1) is 6.58 Å². The summed E-state index contributed by atoms with van der Waals surface area (Å²) in [6, 6.07) is 0. The van der Waals surface area contributed by atoms with Crippen LogP contribution in [0, 0.1) is 45.8 Å². The summed E-state index contributed by atoms with van der Waals surface area (Å²) in [5.41, 5.74) is 0.968. The Morgan fingerprint density at radius 3 is 2.26 bits per heavy atom. The molecule has 0 aliphatic heterocycles. The zero-order chi connectivity index (χ0) is 24.9. The highest BCUT2D eigenvalue weighted by atomic mass is 16.3. The van der Waals surface area contributed by atoms with Crippen LogP contribution in [0.15, 0.2) is 12.7 Å². The highest BCUT2D eigenvalue weighted by Gasteiger charge is 2.66. The fourth-order valence-corrected chi connectivity index (χ4v) is 10.8. The summed E-state index contributed by atoms with van der Waals surface area (Å²) in [7, 11) is 0. The highest BCUT2D eigenvalue weighted by Crippen LogP contribution is 2.72. The minimum absolute atomic E-state index is 0.0444. The molecule has 9 unspecified atom stereocenters. The third-order valence-corrected chi connectivity index (χ3v) is 12.2. The van der Waals surface area contributed by atoms with Crippen LogP contribution in [0.2, 0.25) is 0 Å². The van der Waals surface area contributed by atoms with E-state index in [9.17, 15) is 9.90 Å². The van der Waals surface area contributed by atoms with E-state index in [-0.39, 0.29) is 23.0 Å². The highest BCUT2D eigenvalue weighted by molar-refractivity contribution is 5.76. The van der Waals surface area contributed by atoms with Crippen LogP contribution in [0.1, 0.15) is 119 Å². The van der Waals surface area contributed by atoms with Crippen LogP contribution in [-0.4, -0.2) is 22.7 Å². The van der Waals surface area contributed by atoms with Gasteiger partial charge in [-0.1, -0.05) is 47.1 Å². The van der Waals surface area contributed by atoms with Gasteiger partial charge < -0.3 is 10.4 Å². The van der Waals surface area contributed by atoms with E-state index in [1.165, 1.54) is 64.2 Å². The van der Waals surface area contributed by atoms with Gasteiger partial charge in [0.2, 0.25) is 5.91 Å².